The lowest BCUT2D eigenvalue weighted by molar-refractivity contribution is 0.0793. The van der Waals surface area contributed by atoms with E-state index in [-0.39, 0.29) is 6.61 Å². The van der Waals surface area contributed by atoms with Gasteiger partial charge in [0.25, 0.3) is 0 Å². The molecule has 1 N–H and O–H groups in total. The molecule has 0 spiro atoms. The number of aliphatic hydroxyl groups excluding tert-OH is 1. The van der Waals surface area contributed by atoms with Gasteiger partial charge in [0.05, 0.1) is 12.7 Å². The zero-order chi connectivity index (χ0) is 12.1. The maximum Gasteiger partial charge on any atom is 0.0702 e. The Balaban J connectivity index is 1.81. The molecule has 1 saturated heterocycles. The number of hydrogen-bond donors (Lipinski definition) is 1. The minimum atomic E-state index is 0.117. The van der Waals surface area contributed by atoms with Crippen molar-refractivity contribution in [1.82, 2.24) is 4.90 Å². The van der Waals surface area contributed by atoms with Gasteiger partial charge in [-0.25, -0.2) is 0 Å². The lowest BCUT2D eigenvalue weighted by Crippen LogP contribution is -2.28. The predicted octanol–water partition coefficient (Wildman–Crippen LogP) is 1.79. The van der Waals surface area contributed by atoms with Crippen molar-refractivity contribution < 1.29 is 9.84 Å². The van der Waals surface area contributed by atoms with Crippen LogP contribution in [0.15, 0.2) is 24.3 Å². The molecule has 1 fully saturated rings. The fraction of sp³-hybridized carbons (Fsp3) is 0.571. The molecule has 0 saturated carbocycles. The number of nitrogens with zero attached hydrogens (tertiary/aromatic N) is 1. The van der Waals surface area contributed by atoms with E-state index in [1.54, 1.807) is 0 Å². The van der Waals surface area contributed by atoms with Crippen molar-refractivity contribution in [3.63, 3.8) is 0 Å². The summed E-state index contributed by atoms with van der Waals surface area (Å²) < 4.78 is 5.62. The number of benzene rings is 1. The highest BCUT2D eigenvalue weighted by molar-refractivity contribution is 5.21. The molecule has 1 aliphatic rings. The number of likely N-dealkylation sites (N-methyl/N-ethyl adjacent to an activating group) is 1. The molecular weight excluding hydrogens is 214 g/mol. The van der Waals surface area contributed by atoms with Crippen molar-refractivity contribution in [2.45, 2.75) is 32.1 Å². The molecule has 1 aromatic rings. The second-order valence-corrected chi connectivity index (χ2v) is 4.81. The van der Waals surface area contributed by atoms with E-state index >= 15 is 0 Å². The van der Waals surface area contributed by atoms with Crippen molar-refractivity contribution in [3.8, 4) is 0 Å². The summed E-state index contributed by atoms with van der Waals surface area (Å²) in [6, 6.07) is 8.12. The average Bonchev–Trinajstić information content (AvgIpc) is 2.82. The molecule has 1 aliphatic heterocycles. The van der Waals surface area contributed by atoms with Crippen molar-refractivity contribution >= 4 is 0 Å². The molecule has 2 rings (SSSR count). The first-order chi connectivity index (χ1) is 8.28. The number of hydrogen-bond acceptors (Lipinski definition) is 3. The molecule has 0 aliphatic carbocycles. The summed E-state index contributed by atoms with van der Waals surface area (Å²) in [5, 5.41) is 8.97. The maximum atomic E-state index is 8.97. The summed E-state index contributed by atoms with van der Waals surface area (Å²) in [6.07, 6.45) is 2.80. The number of rotatable bonds is 5. The molecule has 0 aromatic heterocycles. The van der Waals surface area contributed by atoms with Crippen LogP contribution in [-0.2, 0) is 17.9 Å². The van der Waals surface area contributed by atoms with Gasteiger partial charge < -0.3 is 9.84 Å². The van der Waals surface area contributed by atoms with Crippen LogP contribution in [0.5, 0.6) is 0 Å². The van der Waals surface area contributed by atoms with E-state index < -0.39 is 0 Å². The number of aliphatic hydroxyl groups is 1. The van der Waals surface area contributed by atoms with E-state index in [9.17, 15) is 0 Å². The third kappa shape index (κ3) is 3.80. The van der Waals surface area contributed by atoms with Crippen LogP contribution in [0.4, 0.5) is 0 Å². The third-order valence-corrected chi connectivity index (χ3v) is 3.20. The molecule has 3 nitrogen and oxygen atoms in total. The highest BCUT2D eigenvalue weighted by Crippen LogP contribution is 2.14. The molecule has 17 heavy (non-hydrogen) atoms. The molecule has 0 radical (unpaired) electrons. The van der Waals surface area contributed by atoms with Gasteiger partial charge in [-0.3, -0.25) is 4.90 Å². The van der Waals surface area contributed by atoms with Crippen LogP contribution in [0.25, 0.3) is 0 Å². The van der Waals surface area contributed by atoms with Gasteiger partial charge in [0.2, 0.25) is 0 Å². The molecule has 3 heteroatoms. The standard InChI is InChI=1S/C14H21NO2/c1-15(10-14-3-2-8-17-14)9-12-4-6-13(11-16)7-5-12/h4-7,14,16H,2-3,8-11H2,1H3. The normalized spacial score (nSPS) is 20.1. The van der Waals surface area contributed by atoms with Crippen molar-refractivity contribution in [1.29, 1.82) is 0 Å². The van der Waals surface area contributed by atoms with Gasteiger partial charge in [-0.1, -0.05) is 24.3 Å². The molecule has 1 unspecified atom stereocenters. The highest BCUT2D eigenvalue weighted by atomic mass is 16.5. The molecular formula is C14H21NO2. The van der Waals surface area contributed by atoms with Gasteiger partial charge >= 0.3 is 0 Å². The fourth-order valence-electron chi connectivity index (χ4n) is 2.26. The SMILES string of the molecule is CN(Cc1ccc(CO)cc1)CC1CCCO1. The largest absolute Gasteiger partial charge is 0.392 e. The summed E-state index contributed by atoms with van der Waals surface area (Å²) in [6.45, 7) is 2.98. The van der Waals surface area contributed by atoms with E-state index in [0.717, 1.165) is 25.3 Å². The van der Waals surface area contributed by atoms with Crippen LogP contribution in [-0.4, -0.2) is 36.3 Å². The van der Waals surface area contributed by atoms with Crippen LogP contribution in [0, 0.1) is 0 Å². The summed E-state index contributed by atoms with van der Waals surface area (Å²) in [7, 11) is 2.13. The minimum Gasteiger partial charge on any atom is -0.392 e. The average molecular weight is 235 g/mol. The fourth-order valence-corrected chi connectivity index (χ4v) is 2.26. The summed E-state index contributed by atoms with van der Waals surface area (Å²) >= 11 is 0. The highest BCUT2D eigenvalue weighted by Gasteiger charge is 2.17. The van der Waals surface area contributed by atoms with E-state index in [1.807, 2.05) is 12.1 Å². The van der Waals surface area contributed by atoms with E-state index in [1.165, 1.54) is 18.4 Å². The van der Waals surface area contributed by atoms with Crippen LogP contribution in [0.1, 0.15) is 24.0 Å². The first-order valence-electron chi connectivity index (χ1n) is 6.27. The quantitative estimate of drug-likeness (QED) is 0.844. The Bertz CT molecular complexity index is 331. The molecule has 0 amide bonds. The molecule has 0 bridgehead atoms. The van der Waals surface area contributed by atoms with E-state index in [2.05, 4.69) is 24.1 Å². The van der Waals surface area contributed by atoms with Gasteiger partial charge in [-0.05, 0) is 31.0 Å². The van der Waals surface area contributed by atoms with Crippen LogP contribution >= 0.6 is 0 Å². The van der Waals surface area contributed by atoms with Crippen molar-refractivity contribution in [2.75, 3.05) is 20.2 Å². The second kappa shape index (κ2) is 6.15. The smallest absolute Gasteiger partial charge is 0.0702 e. The third-order valence-electron chi connectivity index (χ3n) is 3.20. The summed E-state index contributed by atoms with van der Waals surface area (Å²) in [4.78, 5) is 2.30. The van der Waals surface area contributed by atoms with Crippen LogP contribution in [0.2, 0.25) is 0 Å². The lowest BCUT2D eigenvalue weighted by Gasteiger charge is -2.20. The second-order valence-electron chi connectivity index (χ2n) is 4.81. The monoisotopic (exact) mass is 235 g/mol. The van der Waals surface area contributed by atoms with Gasteiger partial charge in [0.15, 0.2) is 0 Å². The predicted molar refractivity (Wildman–Crippen MR) is 67.7 cm³/mol. The molecule has 1 heterocycles. The van der Waals surface area contributed by atoms with Crippen LogP contribution in [0.3, 0.4) is 0 Å². The summed E-state index contributed by atoms with van der Waals surface area (Å²) in [5.74, 6) is 0. The lowest BCUT2D eigenvalue weighted by atomic mass is 10.1. The van der Waals surface area contributed by atoms with E-state index in [4.69, 9.17) is 9.84 Å². The minimum absolute atomic E-state index is 0.117. The van der Waals surface area contributed by atoms with Gasteiger partial charge in [-0.15, -0.1) is 0 Å². The van der Waals surface area contributed by atoms with Crippen molar-refractivity contribution in [3.05, 3.63) is 35.4 Å². The van der Waals surface area contributed by atoms with Gasteiger partial charge in [0.1, 0.15) is 0 Å². The Morgan fingerprint density at radius 2 is 2.00 bits per heavy atom. The molecule has 94 valence electrons. The molecule has 1 atom stereocenters. The Morgan fingerprint density at radius 1 is 1.29 bits per heavy atom. The maximum absolute atomic E-state index is 8.97. The first kappa shape index (κ1) is 12.6. The zero-order valence-corrected chi connectivity index (χ0v) is 10.4. The Morgan fingerprint density at radius 3 is 2.59 bits per heavy atom. The first-order valence-corrected chi connectivity index (χ1v) is 6.27. The van der Waals surface area contributed by atoms with Gasteiger partial charge in [0, 0.05) is 19.7 Å². The Labute approximate surface area is 103 Å². The Hall–Kier alpha value is -0.900. The van der Waals surface area contributed by atoms with Crippen molar-refractivity contribution in [2.24, 2.45) is 0 Å². The zero-order valence-electron chi connectivity index (χ0n) is 10.4. The molecule has 1 aromatic carbocycles. The topological polar surface area (TPSA) is 32.7 Å². The Kier molecular flexibility index (Phi) is 4.54. The number of ether oxygens (including phenoxy) is 1. The van der Waals surface area contributed by atoms with Gasteiger partial charge in [-0.2, -0.15) is 0 Å². The summed E-state index contributed by atoms with van der Waals surface area (Å²) in [5.41, 5.74) is 2.25. The van der Waals surface area contributed by atoms with Crippen LogP contribution < -0.4 is 0 Å². The van der Waals surface area contributed by atoms with E-state index in [0.29, 0.717) is 6.10 Å².